The van der Waals surface area contributed by atoms with E-state index in [1.807, 2.05) is 31.5 Å². The number of aromatic nitrogens is 2. The van der Waals surface area contributed by atoms with Gasteiger partial charge in [0.25, 0.3) is 0 Å². The highest BCUT2D eigenvalue weighted by Gasteiger charge is 2.02. The lowest BCUT2D eigenvalue weighted by Gasteiger charge is -2.07. The molecule has 0 aliphatic heterocycles. The minimum atomic E-state index is 0.00845. The van der Waals surface area contributed by atoms with Gasteiger partial charge in [-0.15, -0.1) is 0 Å². The lowest BCUT2D eigenvalue weighted by Crippen LogP contribution is -2.05. The van der Waals surface area contributed by atoms with Crippen LogP contribution in [0.1, 0.15) is 18.5 Å². The molecule has 76 valence electrons. The van der Waals surface area contributed by atoms with Crippen LogP contribution in [0.3, 0.4) is 0 Å². The molecule has 0 unspecified atom stereocenters. The molecule has 0 fully saturated rings. The average molecular weight is 199 g/mol. The largest absolute Gasteiger partial charge is 0.324 e. The summed E-state index contributed by atoms with van der Waals surface area (Å²) in [6.45, 7) is 1.95. The van der Waals surface area contributed by atoms with E-state index >= 15 is 0 Å². The van der Waals surface area contributed by atoms with Crippen molar-refractivity contribution in [2.24, 2.45) is 5.73 Å². The summed E-state index contributed by atoms with van der Waals surface area (Å²) in [6, 6.07) is 5.98. The van der Waals surface area contributed by atoms with E-state index in [-0.39, 0.29) is 6.04 Å². The van der Waals surface area contributed by atoms with E-state index < -0.39 is 0 Å². The van der Waals surface area contributed by atoms with Crippen LogP contribution < -0.4 is 5.73 Å². The highest BCUT2D eigenvalue weighted by Crippen LogP contribution is 2.19. The van der Waals surface area contributed by atoms with E-state index in [1.54, 1.807) is 12.4 Å². The third kappa shape index (κ3) is 2.19. The zero-order valence-corrected chi connectivity index (χ0v) is 8.59. The molecule has 2 heterocycles. The molecule has 0 spiro atoms. The maximum Gasteiger partial charge on any atom is 0.0347 e. The smallest absolute Gasteiger partial charge is 0.0347 e. The van der Waals surface area contributed by atoms with Gasteiger partial charge in [-0.3, -0.25) is 9.97 Å². The fourth-order valence-corrected chi connectivity index (χ4v) is 1.40. The SMILES string of the molecule is C[C@H](N)c1cncc(-c2cccnc2)c1. The molecule has 2 N–H and O–H groups in total. The molecule has 15 heavy (non-hydrogen) atoms. The van der Waals surface area contributed by atoms with Gasteiger partial charge in [-0.2, -0.15) is 0 Å². The van der Waals surface area contributed by atoms with Crippen LogP contribution >= 0.6 is 0 Å². The summed E-state index contributed by atoms with van der Waals surface area (Å²) >= 11 is 0. The number of rotatable bonds is 2. The van der Waals surface area contributed by atoms with Gasteiger partial charge in [0.05, 0.1) is 0 Å². The first-order chi connectivity index (χ1) is 7.27. The zero-order valence-electron chi connectivity index (χ0n) is 8.59. The Kier molecular flexibility index (Phi) is 2.74. The maximum atomic E-state index is 5.81. The van der Waals surface area contributed by atoms with Crippen molar-refractivity contribution in [1.29, 1.82) is 0 Å². The molecule has 3 nitrogen and oxygen atoms in total. The fourth-order valence-electron chi connectivity index (χ4n) is 1.40. The van der Waals surface area contributed by atoms with Crippen LogP contribution in [0.25, 0.3) is 11.1 Å². The van der Waals surface area contributed by atoms with Gasteiger partial charge < -0.3 is 5.73 Å². The van der Waals surface area contributed by atoms with Crippen molar-refractivity contribution in [3.63, 3.8) is 0 Å². The van der Waals surface area contributed by atoms with Gasteiger partial charge in [0.2, 0.25) is 0 Å². The van der Waals surface area contributed by atoms with E-state index in [0.717, 1.165) is 16.7 Å². The second kappa shape index (κ2) is 4.19. The third-order valence-corrected chi connectivity index (χ3v) is 2.28. The highest BCUT2D eigenvalue weighted by atomic mass is 14.7. The summed E-state index contributed by atoms with van der Waals surface area (Å²) in [5.41, 5.74) is 8.96. The van der Waals surface area contributed by atoms with Gasteiger partial charge >= 0.3 is 0 Å². The number of nitrogens with two attached hydrogens (primary N) is 1. The molecular formula is C12H13N3. The molecule has 1 atom stereocenters. The van der Waals surface area contributed by atoms with Crippen molar-refractivity contribution in [3.8, 4) is 11.1 Å². The predicted octanol–water partition coefficient (Wildman–Crippen LogP) is 2.16. The van der Waals surface area contributed by atoms with E-state index in [9.17, 15) is 0 Å². The van der Waals surface area contributed by atoms with Gasteiger partial charge in [0.15, 0.2) is 0 Å². The molecule has 0 bridgehead atoms. The van der Waals surface area contributed by atoms with Crippen LogP contribution in [-0.2, 0) is 0 Å². The van der Waals surface area contributed by atoms with Crippen molar-refractivity contribution in [2.75, 3.05) is 0 Å². The summed E-state index contributed by atoms with van der Waals surface area (Å²) in [4.78, 5) is 8.25. The van der Waals surface area contributed by atoms with Crippen LogP contribution in [0, 0.1) is 0 Å². The van der Waals surface area contributed by atoms with Gasteiger partial charge in [0.1, 0.15) is 0 Å². The Morgan fingerprint density at radius 3 is 2.60 bits per heavy atom. The van der Waals surface area contributed by atoms with E-state index in [2.05, 4.69) is 16.0 Å². The molecule has 3 heteroatoms. The molecule has 0 radical (unpaired) electrons. The van der Waals surface area contributed by atoms with Crippen LogP contribution in [0.5, 0.6) is 0 Å². The molecule has 0 aliphatic carbocycles. The van der Waals surface area contributed by atoms with Gasteiger partial charge in [0, 0.05) is 42.0 Å². The number of hydrogen-bond donors (Lipinski definition) is 1. The van der Waals surface area contributed by atoms with Crippen LogP contribution in [0.4, 0.5) is 0 Å². The van der Waals surface area contributed by atoms with Crippen molar-refractivity contribution in [1.82, 2.24) is 9.97 Å². The van der Waals surface area contributed by atoms with Crippen molar-refractivity contribution >= 4 is 0 Å². The molecule has 0 aromatic carbocycles. The summed E-state index contributed by atoms with van der Waals surface area (Å²) in [5, 5.41) is 0. The number of nitrogens with zero attached hydrogens (tertiary/aromatic N) is 2. The first kappa shape index (κ1) is 9.80. The second-order valence-corrected chi connectivity index (χ2v) is 3.54. The van der Waals surface area contributed by atoms with E-state index in [4.69, 9.17) is 5.73 Å². The van der Waals surface area contributed by atoms with Gasteiger partial charge in [-0.25, -0.2) is 0 Å². The predicted molar refractivity (Wildman–Crippen MR) is 60.1 cm³/mol. The number of pyridine rings is 2. The molecule has 0 saturated heterocycles. The van der Waals surface area contributed by atoms with Crippen LogP contribution in [-0.4, -0.2) is 9.97 Å². The Hall–Kier alpha value is -1.74. The molecular weight excluding hydrogens is 186 g/mol. The monoisotopic (exact) mass is 199 g/mol. The average Bonchev–Trinajstić information content (AvgIpc) is 2.30. The molecule has 0 saturated carbocycles. The standard InChI is InChI=1S/C12H13N3/c1-9(13)11-5-12(8-15-7-11)10-3-2-4-14-6-10/h2-9H,13H2,1H3/t9-/m0/s1. The minimum Gasteiger partial charge on any atom is -0.324 e. The highest BCUT2D eigenvalue weighted by molar-refractivity contribution is 5.61. The zero-order chi connectivity index (χ0) is 10.7. The molecule has 2 aromatic heterocycles. The van der Waals surface area contributed by atoms with Crippen LogP contribution in [0.15, 0.2) is 43.0 Å². The van der Waals surface area contributed by atoms with Gasteiger partial charge in [-0.05, 0) is 24.6 Å². The van der Waals surface area contributed by atoms with E-state index in [1.165, 1.54) is 0 Å². The second-order valence-electron chi connectivity index (χ2n) is 3.54. The Morgan fingerprint density at radius 2 is 1.93 bits per heavy atom. The Morgan fingerprint density at radius 1 is 1.13 bits per heavy atom. The van der Waals surface area contributed by atoms with Crippen LogP contribution in [0.2, 0.25) is 0 Å². The molecule has 2 rings (SSSR count). The first-order valence-corrected chi connectivity index (χ1v) is 4.88. The Balaban J connectivity index is 2.42. The summed E-state index contributed by atoms with van der Waals surface area (Å²) in [6.07, 6.45) is 7.20. The van der Waals surface area contributed by atoms with Crippen molar-refractivity contribution < 1.29 is 0 Å². The topological polar surface area (TPSA) is 51.8 Å². The first-order valence-electron chi connectivity index (χ1n) is 4.88. The lowest BCUT2D eigenvalue weighted by molar-refractivity contribution is 0.812. The summed E-state index contributed by atoms with van der Waals surface area (Å²) in [7, 11) is 0. The summed E-state index contributed by atoms with van der Waals surface area (Å²) < 4.78 is 0. The Bertz CT molecular complexity index is 438. The fraction of sp³-hybridized carbons (Fsp3) is 0.167. The third-order valence-electron chi connectivity index (χ3n) is 2.28. The van der Waals surface area contributed by atoms with Crippen molar-refractivity contribution in [2.45, 2.75) is 13.0 Å². The minimum absolute atomic E-state index is 0.00845. The van der Waals surface area contributed by atoms with E-state index in [0.29, 0.717) is 0 Å². The van der Waals surface area contributed by atoms with Gasteiger partial charge in [-0.1, -0.05) is 6.07 Å². The molecule has 0 aliphatic rings. The van der Waals surface area contributed by atoms with Crippen molar-refractivity contribution in [3.05, 3.63) is 48.5 Å². The Labute approximate surface area is 89.0 Å². The molecule has 0 amide bonds. The molecule has 2 aromatic rings. The normalized spacial score (nSPS) is 12.4. The number of hydrogen-bond acceptors (Lipinski definition) is 3. The summed E-state index contributed by atoms with van der Waals surface area (Å²) in [5.74, 6) is 0. The quantitative estimate of drug-likeness (QED) is 0.806. The maximum absolute atomic E-state index is 5.81. The lowest BCUT2D eigenvalue weighted by atomic mass is 10.1.